The molecule has 1 amide bonds. The number of aromatic nitrogens is 1. The first-order chi connectivity index (χ1) is 9.25. The molecule has 1 atom stereocenters. The predicted octanol–water partition coefficient (Wildman–Crippen LogP) is 1.44. The summed E-state index contributed by atoms with van der Waals surface area (Å²) in [5, 5.41) is 19.3. The minimum absolute atomic E-state index is 0.0781. The van der Waals surface area contributed by atoms with Gasteiger partial charge in [-0.25, -0.2) is 4.98 Å². The van der Waals surface area contributed by atoms with Crippen molar-refractivity contribution in [3.05, 3.63) is 33.1 Å². The second-order valence-corrected chi connectivity index (χ2v) is 4.54. The van der Waals surface area contributed by atoms with E-state index in [1.807, 2.05) is 0 Å². The van der Waals surface area contributed by atoms with Crippen molar-refractivity contribution < 1.29 is 19.6 Å². The Kier molecular flexibility index (Phi) is 4.98. The molecular weight excluding hydrogens is 290 g/mol. The Balaban J connectivity index is 3.06. The molecule has 1 unspecified atom stereocenters. The van der Waals surface area contributed by atoms with E-state index in [4.69, 9.17) is 16.7 Å². The highest BCUT2D eigenvalue weighted by molar-refractivity contribution is 6.32. The van der Waals surface area contributed by atoms with Gasteiger partial charge in [0.15, 0.2) is 0 Å². The highest BCUT2D eigenvalue weighted by Gasteiger charge is 2.28. The largest absolute Gasteiger partial charge is 0.481 e. The molecule has 1 N–H and O–H groups in total. The van der Waals surface area contributed by atoms with Gasteiger partial charge in [-0.05, 0) is 6.07 Å². The van der Waals surface area contributed by atoms with Crippen molar-refractivity contribution in [2.75, 3.05) is 13.6 Å². The summed E-state index contributed by atoms with van der Waals surface area (Å²) >= 11 is 5.61. The molecule has 9 heteroatoms. The lowest BCUT2D eigenvalue weighted by Gasteiger charge is -2.19. The molecule has 0 aliphatic heterocycles. The van der Waals surface area contributed by atoms with Crippen molar-refractivity contribution >= 4 is 29.2 Å². The smallest absolute Gasteiger partial charge is 0.319 e. The molecule has 0 aliphatic carbocycles. The summed E-state index contributed by atoms with van der Waals surface area (Å²) < 4.78 is 0. The van der Waals surface area contributed by atoms with Crippen molar-refractivity contribution in [3.63, 3.8) is 0 Å². The van der Waals surface area contributed by atoms with E-state index in [2.05, 4.69) is 4.98 Å². The van der Waals surface area contributed by atoms with Crippen molar-refractivity contribution in [1.29, 1.82) is 0 Å². The molecule has 8 nitrogen and oxygen atoms in total. The van der Waals surface area contributed by atoms with Crippen LogP contribution in [-0.2, 0) is 4.79 Å². The average Bonchev–Trinajstić information content (AvgIpc) is 2.36. The molecule has 0 radical (unpaired) electrons. The number of pyridine rings is 1. The van der Waals surface area contributed by atoms with Crippen LogP contribution in [0.5, 0.6) is 0 Å². The minimum Gasteiger partial charge on any atom is -0.481 e. The van der Waals surface area contributed by atoms with Gasteiger partial charge in [-0.1, -0.05) is 18.5 Å². The van der Waals surface area contributed by atoms with E-state index in [0.717, 1.165) is 4.90 Å². The molecule has 1 aromatic rings. The fourth-order valence-electron chi connectivity index (χ4n) is 1.55. The van der Waals surface area contributed by atoms with Crippen LogP contribution in [0.15, 0.2) is 12.3 Å². The third kappa shape index (κ3) is 3.41. The van der Waals surface area contributed by atoms with Crippen LogP contribution in [0.1, 0.15) is 17.3 Å². The van der Waals surface area contributed by atoms with E-state index in [9.17, 15) is 19.7 Å². The molecule has 1 rings (SSSR count). The number of nitrogens with zero attached hydrogens (tertiary/aromatic N) is 3. The molecule has 0 aromatic carbocycles. The van der Waals surface area contributed by atoms with Crippen LogP contribution in [0.4, 0.5) is 5.69 Å². The molecular formula is C11H12ClN3O5. The third-order valence-electron chi connectivity index (χ3n) is 2.61. The Bertz CT molecular complexity index is 563. The Hall–Kier alpha value is -2.22. The summed E-state index contributed by atoms with van der Waals surface area (Å²) in [6.07, 6.45) is 1.18. The van der Waals surface area contributed by atoms with Gasteiger partial charge in [0.2, 0.25) is 5.15 Å². The van der Waals surface area contributed by atoms with Gasteiger partial charge < -0.3 is 10.0 Å². The first-order valence-corrected chi connectivity index (χ1v) is 5.90. The van der Waals surface area contributed by atoms with Crippen molar-refractivity contribution in [1.82, 2.24) is 9.88 Å². The van der Waals surface area contributed by atoms with Crippen LogP contribution in [0.2, 0.25) is 5.15 Å². The van der Waals surface area contributed by atoms with Crippen LogP contribution in [-0.4, -0.2) is 45.4 Å². The van der Waals surface area contributed by atoms with Crippen LogP contribution in [0, 0.1) is 16.0 Å². The Morgan fingerprint density at radius 1 is 1.60 bits per heavy atom. The van der Waals surface area contributed by atoms with E-state index >= 15 is 0 Å². The van der Waals surface area contributed by atoms with Crippen LogP contribution in [0.25, 0.3) is 0 Å². The highest BCUT2D eigenvalue weighted by atomic mass is 35.5. The molecule has 0 bridgehead atoms. The summed E-state index contributed by atoms with van der Waals surface area (Å²) in [5.41, 5.74) is -0.816. The number of hydrogen-bond donors (Lipinski definition) is 1. The van der Waals surface area contributed by atoms with Crippen LogP contribution < -0.4 is 0 Å². The van der Waals surface area contributed by atoms with E-state index in [-0.39, 0.29) is 17.3 Å². The van der Waals surface area contributed by atoms with Crippen molar-refractivity contribution in [3.8, 4) is 0 Å². The lowest BCUT2D eigenvalue weighted by atomic mass is 10.1. The zero-order valence-corrected chi connectivity index (χ0v) is 11.5. The van der Waals surface area contributed by atoms with Crippen LogP contribution >= 0.6 is 11.6 Å². The molecule has 1 heterocycles. The Morgan fingerprint density at radius 2 is 2.20 bits per heavy atom. The van der Waals surface area contributed by atoms with E-state index in [1.165, 1.54) is 26.2 Å². The topological polar surface area (TPSA) is 114 Å². The van der Waals surface area contributed by atoms with Crippen molar-refractivity contribution in [2.45, 2.75) is 6.92 Å². The maximum Gasteiger partial charge on any atom is 0.319 e. The summed E-state index contributed by atoms with van der Waals surface area (Å²) in [5.74, 6) is -2.54. The second kappa shape index (κ2) is 6.29. The SMILES string of the molecule is CC(CN(C)C(=O)c1ccnc(Cl)c1[N+](=O)[O-])C(=O)O. The van der Waals surface area contributed by atoms with Crippen LogP contribution in [0.3, 0.4) is 0 Å². The lowest BCUT2D eigenvalue weighted by Crippen LogP contribution is -2.34. The molecule has 0 saturated carbocycles. The molecule has 0 spiro atoms. The number of halogens is 1. The maximum atomic E-state index is 12.1. The quantitative estimate of drug-likeness (QED) is 0.500. The van der Waals surface area contributed by atoms with Gasteiger partial charge in [0, 0.05) is 19.8 Å². The number of carboxylic acid groups (broad SMARTS) is 1. The summed E-state index contributed by atoms with van der Waals surface area (Å²) in [4.78, 5) is 37.6. The highest BCUT2D eigenvalue weighted by Crippen LogP contribution is 2.26. The molecule has 1 aromatic heterocycles. The normalized spacial score (nSPS) is 11.8. The zero-order valence-electron chi connectivity index (χ0n) is 10.7. The number of aliphatic carboxylic acids is 1. The first-order valence-electron chi connectivity index (χ1n) is 5.52. The van der Waals surface area contributed by atoms with Gasteiger partial charge in [0.25, 0.3) is 5.91 Å². The number of amides is 1. The number of nitro groups is 1. The summed E-state index contributed by atoms with van der Waals surface area (Å²) in [6.45, 7) is 1.35. The number of carbonyl (C=O) groups excluding carboxylic acids is 1. The maximum absolute atomic E-state index is 12.1. The second-order valence-electron chi connectivity index (χ2n) is 4.18. The van der Waals surface area contributed by atoms with Crippen molar-refractivity contribution in [2.24, 2.45) is 5.92 Å². The Labute approximate surface area is 119 Å². The average molecular weight is 302 g/mol. The van der Waals surface area contributed by atoms with Gasteiger partial charge in [0.1, 0.15) is 5.56 Å². The monoisotopic (exact) mass is 301 g/mol. The molecule has 0 fully saturated rings. The van der Waals surface area contributed by atoms with Gasteiger partial charge in [-0.3, -0.25) is 19.7 Å². The number of rotatable bonds is 5. The zero-order chi connectivity index (χ0) is 15.4. The summed E-state index contributed by atoms with van der Waals surface area (Å²) in [7, 11) is 1.36. The van der Waals surface area contributed by atoms with Gasteiger partial charge in [-0.2, -0.15) is 0 Å². The number of carboxylic acids is 1. The lowest BCUT2D eigenvalue weighted by molar-refractivity contribution is -0.385. The molecule has 0 aliphatic rings. The van der Waals surface area contributed by atoms with E-state index in [0.29, 0.717) is 0 Å². The number of hydrogen-bond acceptors (Lipinski definition) is 5. The van der Waals surface area contributed by atoms with Gasteiger partial charge in [-0.15, -0.1) is 0 Å². The molecule has 20 heavy (non-hydrogen) atoms. The summed E-state index contributed by atoms with van der Waals surface area (Å²) in [6, 6.07) is 1.17. The fraction of sp³-hybridized carbons (Fsp3) is 0.364. The molecule has 108 valence electrons. The third-order valence-corrected chi connectivity index (χ3v) is 2.89. The standard InChI is InChI=1S/C11H12ClN3O5/c1-6(11(17)18)5-14(2)10(16)7-3-4-13-9(12)8(7)15(19)20/h3-4,6H,5H2,1-2H3,(H,17,18). The fourth-order valence-corrected chi connectivity index (χ4v) is 1.78. The van der Waals surface area contributed by atoms with Gasteiger partial charge >= 0.3 is 11.7 Å². The predicted molar refractivity (Wildman–Crippen MR) is 69.7 cm³/mol. The first kappa shape index (κ1) is 15.8. The van der Waals surface area contributed by atoms with Gasteiger partial charge in [0.05, 0.1) is 10.8 Å². The van der Waals surface area contributed by atoms with E-state index in [1.54, 1.807) is 0 Å². The Morgan fingerprint density at radius 3 is 2.70 bits per heavy atom. The van der Waals surface area contributed by atoms with E-state index < -0.39 is 28.4 Å². The number of carbonyl (C=O) groups is 2. The molecule has 0 saturated heterocycles. The minimum atomic E-state index is -1.06.